The van der Waals surface area contributed by atoms with Gasteiger partial charge in [-0.25, -0.2) is 8.42 Å². The van der Waals surface area contributed by atoms with E-state index < -0.39 is 10.0 Å². The van der Waals surface area contributed by atoms with E-state index in [1.807, 2.05) is 42.5 Å². The minimum absolute atomic E-state index is 0.322. The van der Waals surface area contributed by atoms with Gasteiger partial charge < -0.3 is 5.32 Å². The molecule has 2 aromatic carbocycles. The third-order valence-corrected chi connectivity index (χ3v) is 5.99. The first-order valence-corrected chi connectivity index (χ1v) is 10.3. The average Bonchev–Trinajstić information content (AvgIpc) is 2.63. The highest BCUT2D eigenvalue weighted by Crippen LogP contribution is 2.19. The number of benzene rings is 2. The van der Waals surface area contributed by atoms with Crippen molar-refractivity contribution in [3.63, 3.8) is 0 Å². The molecule has 0 radical (unpaired) electrons. The van der Waals surface area contributed by atoms with Gasteiger partial charge in [0.1, 0.15) is 0 Å². The number of rotatable bonds is 10. The largest absolute Gasteiger partial charge is 0.385 e. The SMILES string of the molecule is CCCCCCNc1ccc(S(=O)(=O)N(C)Cc2ccccc2)cc1. The smallest absolute Gasteiger partial charge is 0.243 e. The van der Waals surface area contributed by atoms with E-state index in [2.05, 4.69) is 12.2 Å². The van der Waals surface area contributed by atoms with Gasteiger partial charge in [0, 0.05) is 25.8 Å². The molecular weight excluding hydrogens is 332 g/mol. The molecule has 0 amide bonds. The third-order valence-electron chi connectivity index (χ3n) is 4.17. The number of hydrogen-bond donors (Lipinski definition) is 1. The van der Waals surface area contributed by atoms with E-state index in [0.717, 1.165) is 24.2 Å². The van der Waals surface area contributed by atoms with Gasteiger partial charge in [0.05, 0.1) is 4.90 Å². The quantitative estimate of drug-likeness (QED) is 0.635. The lowest BCUT2D eigenvalue weighted by molar-refractivity contribution is 0.467. The van der Waals surface area contributed by atoms with Crippen LogP contribution in [0, 0.1) is 0 Å². The lowest BCUT2D eigenvalue weighted by Gasteiger charge is -2.17. The summed E-state index contributed by atoms with van der Waals surface area (Å²) in [5, 5.41) is 3.34. The Labute approximate surface area is 151 Å². The van der Waals surface area contributed by atoms with Crippen LogP contribution in [0.1, 0.15) is 38.2 Å². The van der Waals surface area contributed by atoms with Gasteiger partial charge in [-0.2, -0.15) is 4.31 Å². The summed E-state index contributed by atoms with van der Waals surface area (Å²) < 4.78 is 26.8. The zero-order chi connectivity index (χ0) is 18.1. The minimum atomic E-state index is -3.48. The van der Waals surface area contributed by atoms with Crippen molar-refractivity contribution in [3.05, 3.63) is 60.2 Å². The molecule has 0 heterocycles. The molecule has 0 fully saturated rings. The standard InChI is InChI=1S/C20H28N2O2S/c1-3-4-5-9-16-21-19-12-14-20(15-13-19)25(23,24)22(2)17-18-10-7-6-8-11-18/h6-8,10-15,21H,3-5,9,16-17H2,1-2H3. The normalized spacial score (nSPS) is 11.6. The maximum absolute atomic E-state index is 12.7. The molecule has 2 aromatic rings. The van der Waals surface area contributed by atoms with Crippen LogP contribution in [0.15, 0.2) is 59.5 Å². The van der Waals surface area contributed by atoms with Gasteiger partial charge in [-0.15, -0.1) is 0 Å². The summed E-state index contributed by atoms with van der Waals surface area (Å²) in [5.41, 5.74) is 1.93. The van der Waals surface area contributed by atoms with Crippen LogP contribution in [0.5, 0.6) is 0 Å². The Kier molecular flexibility index (Phi) is 7.47. The molecule has 0 aromatic heterocycles. The fourth-order valence-corrected chi connectivity index (χ4v) is 3.79. The second-order valence-corrected chi connectivity index (χ2v) is 8.30. The predicted octanol–water partition coefficient (Wildman–Crippen LogP) is 4.50. The van der Waals surface area contributed by atoms with Crippen LogP contribution in [0.25, 0.3) is 0 Å². The summed E-state index contributed by atoms with van der Waals surface area (Å²) in [6.07, 6.45) is 4.84. The van der Waals surface area contributed by atoms with Crippen LogP contribution in [-0.2, 0) is 16.6 Å². The summed E-state index contributed by atoms with van der Waals surface area (Å²) in [4.78, 5) is 0.322. The van der Waals surface area contributed by atoms with Gasteiger partial charge in [-0.3, -0.25) is 0 Å². The van der Waals surface area contributed by atoms with Crippen LogP contribution < -0.4 is 5.32 Å². The second kappa shape index (κ2) is 9.59. The first-order chi connectivity index (χ1) is 12.0. The van der Waals surface area contributed by atoms with Crippen LogP contribution in [-0.4, -0.2) is 26.3 Å². The monoisotopic (exact) mass is 360 g/mol. The zero-order valence-electron chi connectivity index (χ0n) is 15.1. The van der Waals surface area contributed by atoms with Crippen molar-refractivity contribution in [1.29, 1.82) is 0 Å². The van der Waals surface area contributed by atoms with Crippen molar-refractivity contribution in [2.24, 2.45) is 0 Å². The zero-order valence-corrected chi connectivity index (χ0v) is 15.9. The van der Waals surface area contributed by atoms with Gasteiger partial charge in [0.2, 0.25) is 10.0 Å². The van der Waals surface area contributed by atoms with Crippen molar-refractivity contribution >= 4 is 15.7 Å². The molecule has 1 N–H and O–H groups in total. The summed E-state index contributed by atoms with van der Waals surface area (Å²) in [6.45, 7) is 3.47. The predicted molar refractivity (Wildman–Crippen MR) is 104 cm³/mol. The Morgan fingerprint density at radius 1 is 0.920 bits per heavy atom. The second-order valence-electron chi connectivity index (χ2n) is 6.26. The molecule has 0 spiro atoms. The average molecular weight is 361 g/mol. The topological polar surface area (TPSA) is 49.4 Å². The number of anilines is 1. The molecule has 0 aliphatic rings. The highest BCUT2D eigenvalue weighted by molar-refractivity contribution is 7.89. The number of nitrogens with zero attached hydrogens (tertiary/aromatic N) is 1. The maximum atomic E-state index is 12.7. The fourth-order valence-electron chi connectivity index (χ4n) is 2.63. The fraction of sp³-hybridized carbons (Fsp3) is 0.400. The first kappa shape index (κ1) is 19.5. The summed E-state index contributed by atoms with van der Waals surface area (Å²) >= 11 is 0. The molecule has 0 atom stereocenters. The number of nitrogens with one attached hydrogen (secondary N) is 1. The van der Waals surface area contributed by atoms with Crippen molar-refractivity contribution < 1.29 is 8.42 Å². The van der Waals surface area contributed by atoms with E-state index in [1.54, 1.807) is 19.2 Å². The van der Waals surface area contributed by atoms with Crippen molar-refractivity contribution in [3.8, 4) is 0 Å². The Balaban J connectivity index is 1.95. The van der Waals surface area contributed by atoms with Crippen LogP contribution in [0.3, 0.4) is 0 Å². The number of hydrogen-bond acceptors (Lipinski definition) is 3. The molecule has 5 heteroatoms. The van der Waals surface area contributed by atoms with Crippen LogP contribution >= 0.6 is 0 Å². The summed E-state index contributed by atoms with van der Waals surface area (Å²) in [5.74, 6) is 0. The van der Waals surface area contributed by atoms with Gasteiger partial charge in [0.15, 0.2) is 0 Å². The van der Waals surface area contributed by atoms with E-state index in [0.29, 0.717) is 11.4 Å². The van der Waals surface area contributed by atoms with Crippen molar-refractivity contribution in [2.75, 3.05) is 18.9 Å². The van der Waals surface area contributed by atoms with E-state index >= 15 is 0 Å². The maximum Gasteiger partial charge on any atom is 0.243 e. The lowest BCUT2D eigenvalue weighted by Crippen LogP contribution is -2.26. The van der Waals surface area contributed by atoms with Gasteiger partial charge in [-0.1, -0.05) is 56.5 Å². The Bertz CT molecular complexity index is 728. The molecule has 2 rings (SSSR count). The molecule has 4 nitrogen and oxygen atoms in total. The van der Waals surface area contributed by atoms with Crippen LogP contribution in [0.4, 0.5) is 5.69 Å². The molecule has 0 saturated carbocycles. The summed E-state index contributed by atoms with van der Waals surface area (Å²) in [7, 11) is -1.87. The molecule has 0 unspecified atom stereocenters. The molecule has 0 bridgehead atoms. The van der Waals surface area contributed by atoms with Gasteiger partial charge >= 0.3 is 0 Å². The minimum Gasteiger partial charge on any atom is -0.385 e. The third kappa shape index (κ3) is 5.87. The van der Waals surface area contributed by atoms with E-state index in [4.69, 9.17) is 0 Å². The van der Waals surface area contributed by atoms with Gasteiger partial charge in [-0.05, 0) is 36.2 Å². The lowest BCUT2D eigenvalue weighted by atomic mass is 10.2. The molecule has 136 valence electrons. The first-order valence-electron chi connectivity index (χ1n) is 8.88. The van der Waals surface area contributed by atoms with E-state index in [-0.39, 0.29) is 0 Å². The van der Waals surface area contributed by atoms with Crippen molar-refractivity contribution in [1.82, 2.24) is 4.31 Å². The Morgan fingerprint density at radius 2 is 1.60 bits per heavy atom. The highest BCUT2D eigenvalue weighted by Gasteiger charge is 2.20. The van der Waals surface area contributed by atoms with E-state index in [1.165, 1.54) is 23.6 Å². The number of sulfonamides is 1. The molecule has 0 aliphatic carbocycles. The Hall–Kier alpha value is -1.85. The van der Waals surface area contributed by atoms with Crippen LogP contribution in [0.2, 0.25) is 0 Å². The number of unbranched alkanes of at least 4 members (excludes halogenated alkanes) is 3. The van der Waals surface area contributed by atoms with E-state index in [9.17, 15) is 8.42 Å². The molecule has 0 saturated heterocycles. The molecule has 25 heavy (non-hydrogen) atoms. The van der Waals surface area contributed by atoms with Crippen molar-refractivity contribution in [2.45, 2.75) is 44.0 Å². The van der Waals surface area contributed by atoms with Gasteiger partial charge in [0.25, 0.3) is 0 Å². The molecular formula is C20H28N2O2S. The summed E-state index contributed by atoms with van der Waals surface area (Å²) in [6, 6.07) is 16.6. The highest BCUT2D eigenvalue weighted by atomic mass is 32.2. The molecule has 0 aliphatic heterocycles. The Morgan fingerprint density at radius 3 is 2.24 bits per heavy atom.